The average molecular weight is 208 g/mol. The van der Waals surface area contributed by atoms with E-state index in [4.69, 9.17) is 4.74 Å². The molecule has 2 aliphatic rings. The summed E-state index contributed by atoms with van der Waals surface area (Å²) in [5, 5.41) is 3.24. The van der Waals surface area contributed by atoms with Crippen LogP contribution in [0.25, 0.3) is 0 Å². The van der Waals surface area contributed by atoms with Crippen LogP contribution in [-0.4, -0.2) is 32.3 Å². The fourth-order valence-electron chi connectivity index (χ4n) is 2.27. The zero-order chi connectivity index (χ0) is 10.3. The number of rotatable bonds is 0. The maximum atomic E-state index is 13.0. The normalized spacial score (nSPS) is 24.1. The molecule has 2 aliphatic heterocycles. The predicted octanol–water partition coefficient (Wildman–Crippen LogP) is 1.46. The summed E-state index contributed by atoms with van der Waals surface area (Å²) in [5.41, 5.74) is 1.99. The van der Waals surface area contributed by atoms with E-state index >= 15 is 0 Å². The number of hydrogen-bond acceptors (Lipinski definition) is 3. The highest BCUT2D eigenvalue weighted by Crippen LogP contribution is 2.32. The lowest BCUT2D eigenvalue weighted by Gasteiger charge is -2.42. The van der Waals surface area contributed by atoms with Gasteiger partial charge in [-0.15, -0.1) is 0 Å². The van der Waals surface area contributed by atoms with E-state index in [2.05, 4.69) is 10.2 Å². The van der Waals surface area contributed by atoms with Crippen molar-refractivity contribution in [2.24, 2.45) is 0 Å². The Hall–Kier alpha value is -1.29. The Morgan fingerprint density at radius 3 is 3.33 bits per heavy atom. The second-order valence-electron chi connectivity index (χ2n) is 3.96. The molecule has 3 rings (SSSR count). The third-order valence-corrected chi connectivity index (χ3v) is 3.02. The van der Waals surface area contributed by atoms with Crippen LogP contribution in [0.15, 0.2) is 18.2 Å². The number of nitrogens with one attached hydrogen (secondary N) is 1. The standard InChI is InChI=1S/C11H13FN2O/c12-8-1-2-11-10(5-8)13-6-9-7-15-4-3-14(9)11/h1-2,5,9,13H,3-4,6-7H2. The Morgan fingerprint density at radius 1 is 1.47 bits per heavy atom. The molecule has 4 heteroatoms. The average Bonchev–Trinajstić information content (AvgIpc) is 2.28. The van der Waals surface area contributed by atoms with E-state index in [-0.39, 0.29) is 5.82 Å². The lowest BCUT2D eigenvalue weighted by Crippen LogP contribution is -2.51. The fraction of sp³-hybridized carbons (Fsp3) is 0.455. The van der Waals surface area contributed by atoms with E-state index in [1.165, 1.54) is 6.07 Å². The van der Waals surface area contributed by atoms with Crippen molar-refractivity contribution in [1.29, 1.82) is 0 Å². The first kappa shape index (κ1) is 8.97. The monoisotopic (exact) mass is 208 g/mol. The van der Waals surface area contributed by atoms with Crippen LogP contribution in [0.3, 0.4) is 0 Å². The molecule has 0 aromatic heterocycles. The predicted molar refractivity (Wildman–Crippen MR) is 56.8 cm³/mol. The van der Waals surface area contributed by atoms with Crippen molar-refractivity contribution < 1.29 is 9.13 Å². The quantitative estimate of drug-likeness (QED) is 0.698. The molecule has 1 fully saturated rings. The Bertz CT molecular complexity index is 383. The van der Waals surface area contributed by atoms with Crippen LogP contribution >= 0.6 is 0 Å². The van der Waals surface area contributed by atoms with Gasteiger partial charge in [-0.3, -0.25) is 0 Å². The number of hydrogen-bond donors (Lipinski definition) is 1. The Balaban J connectivity index is 1.99. The van der Waals surface area contributed by atoms with Gasteiger partial charge >= 0.3 is 0 Å². The third kappa shape index (κ3) is 1.45. The summed E-state index contributed by atoms with van der Waals surface area (Å²) in [6, 6.07) is 5.30. The molecule has 0 saturated carbocycles. The number of nitrogens with zero attached hydrogens (tertiary/aromatic N) is 1. The van der Waals surface area contributed by atoms with E-state index in [1.54, 1.807) is 6.07 Å². The molecule has 15 heavy (non-hydrogen) atoms. The van der Waals surface area contributed by atoms with Crippen molar-refractivity contribution in [2.75, 3.05) is 36.5 Å². The van der Waals surface area contributed by atoms with E-state index in [0.29, 0.717) is 6.04 Å². The van der Waals surface area contributed by atoms with Crippen molar-refractivity contribution in [2.45, 2.75) is 6.04 Å². The first-order chi connectivity index (χ1) is 7.34. The molecule has 1 atom stereocenters. The summed E-state index contributed by atoms with van der Waals surface area (Å²) in [6.45, 7) is 3.23. The van der Waals surface area contributed by atoms with Gasteiger partial charge in [-0.2, -0.15) is 0 Å². The molecule has 3 nitrogen and oxygen atoms in total. The number of ether oxygens (including phenoxy) is 1. The van der Waals surface area contributed by atoms with Crippen LogP contribution in [-0.2, 0) is 4.74 Å². The minimum atomic E-state index is -0.187. The Morgan fingerprint density at radius 2 is 2.40 bits per heavy atom. The molecule has 0 bridgehead atoms. The minimum Gasteiger partial charge on any atom is -0.381 e. The van der Waals surface area contributed by atoms with E-state index < -0.39 is 0 Å². The van der Waals surface area contributed by atoms with Crippen LogP contribution < -0.4 is 10.2 Å². The first-order valence-corrected chi connectivity index (χ1v) is 5.22. The highest BCUT2D eigenvalue weighted by molar-refractivity contribution is 5.73. The first-order valence-electron chi connectivity index (χ1n) is 5.22. The van der Waals surface area contributed by atoms with Crippen molar-refractivity contribution in [3.63, 3.8) is 0 Å². The SMILES string of the molecule is Fc1ccc2c(c1)NCC1COCCN21. The van der Waals surface area contributed by atoms with Gasteiger partial charge in [0, 0.05) is 13.1 Å². The highest BCUT2D eigenvalue weighted by atomic mass is 19.1. The molecular formula is C11H13FN2O. The molecule has 0 radical (unpaired) electrons. The molecule has 0 spiro atoms. The second kappa shape index (κ2) is 3.38. The van der Waals surface area contributed by atoms with E-state index in [9.17, 15) is 4.39 Å². The maximum Gasteiger partial charge on any atom is 0.125 e. The van der Waals surface area contributed by atoms with Crippen LogP contribution in [0.1, 0.15) is 0 Å². The van der Waals surface area contributed by atoms with E-state index in [1.807, 2.05) is 6.07 Å². The van der Waals surface area contributed by atoms with Gasteiger partial charge in [0.1, 0.15) is 5.82 Å². The number of anilines is 2. The summed E-state index contributed by atoms with van der Waals surface area (Å²) in [5.74, 6) is -0.187. The maximum absolute atomic E-state index is 13.0. The number of benzene rings is 1. The smallest absolute Gasteiger partial charge is 0.125 e. The van der Waals surface area contributed by atoms with Gasteiger partial charge in [0.2, 0.25) is 0 Å². The lowest BCUT2D eigenvalue weighted by molar-refractivity contribution is 0.0964. The topological polar surface area (TPSA) is 24.5 Å². The van der Waals surface area contributed by atoms with Crippen LogP contribution in [0.4, 0.5) is 15.8 Å². The molecule has 1 unspecified atom stereocenters. The van der Waals surface area contributed by atoms with Crippen molar-refractivity contribution in [3.8, 4) is 0 Å². The summed E-state index contributed by atoms with van der Waals surface area (Å²) in [7, 11) is 0. The third-order valence-electron chi connectivity index (χ3n) is 3.02. The summed E-state index contributed by atoms with van der Waals surface area (Å²) in [6.07, 6.45) is 0. The Kier molecular flexibility index (Phi) is 2.02. The summed E-state index contributed by atoms with van der Waals surface area (Å²) in [4.78, 5) is 2.30. The number of morpholine rings is 1. The van der Waals surface area contributed by atoms with Gasteiger partial charge in [0.05, 0.1) is 30.6 Å². The number of fused-ring (bicyclic) bond motifs is 3. The Labute approximate surface area is 87.8 Å². The molecular weight excluding hydrogens is 195 g/mol. The lowest BCUT2D eigenvalue weighted by atomic mass is 10.1. The zero-order valence-corrected chi connectivity index (χ0v) is 8.37. The molecule has 0 aliphatic carbocycles. The van der Waals surface area contributed by atoms with E-state index in [0.717, 1.165) is 37.7 Å². The highest BCUT2D eigenvalue weighted by Gasteiger charge is 2.28. The molecule has 1 aromatic carbocycles. The molecule has 80 valence electrons. The van der Waals surface area contributed by atoms with Gasteiger partial charge in [0.15, 0.2) is 0 Å². The van der Waals surface area contributed by atoms with Gasteiger partial charge in [-0.25, -0.2) is 4.39 Å². The number of halogens is 1. The van der Waals surface area contributed by atoms with Gasteiger partial charge < -0.3 is 15.0 Å². The zero-order valence-electron chi connectivity index (χ0n) is 8.37. The second-order valence-corrected chi connectivity index (χ2v) is 3.96. The van der Waals surface area contributed by atoms with Crippen molar-refractivity contribution in [3.05, 3.63) is 24.0 Å². The van der Waals surface area contributed by atoms with Crippen molar-refractivity contribution in [1.82, 2.24) is 0 Å². The largest absolute Gasteiger partial charge is 0.381 e. The van der Waals surface area contributed by atoms with Crippen LogP contribution in [0.5, 0.6) is 0 Å². The minimum absolute atomic E-state index is 0.187. The molecule has 1 N–H and O–H groups in total. The van der Waals surface area contributed by atoms with Crippen molar-refractivity contribution >= 4 is 11.4 Å². The van der Waals surface area contributed by atoms with Crippen LogP contribution in [0.2, 0.25) is 0 Å². The molecule has 2 heterocycles. The summed E-state index contributed by atoms with van der Waals surface area (Å²) < 4.78 is 18.5. The van der Waals surface area contributed by atoms with Gasteiger partial charge in [-0.05, 0) is 18.2 Å². The van der Waals surface area contributed by atoms with Gasteiger partial charge in [-0.1, -0.05) is 0 Å². The fourth-order valence-corrected chi connectivity index (χ4v) is 2.27. The molecule has 1 aromatic rings. The molecule has 0 amide bonds. The summed E-state index contributed by atoms with van der Waals surface area (Å²) >= 11 is 0. The molecule has 1 saturated heterocycles. The van der Waals surface area contributed by atoms with Crippen LogP contribution in [0, 0.1) is 5.82 Å². The van der Waals surface area contributed by atoms with Gasteiger partial charge in [0.25, 0.3) is 0 Å².